The lowest BCUT2D eigenvalue weighted by Gasteiger charge is -2.15. The highest BCUT2D eigenvalue weighted by Crippen LogP contribution is 2.42. The van der Waals surface area contributed by atoms with Crippen molar-refractivity contribution in [3.63, 3.8) is 0 Å². The van der Waals surface area contributed by atoms with Crippen LogP contribution in [0, 0.1) is 0 Å². The second-order valence-corrected chi connectivity index (χ2v) is 10.1. The highest BCUT2D eigenvalue weighted by Gasteiger charge is 2.27. The number of nitrogens with zero attached hydrogens (tertiary/aromatic N) is 2. The average molecular weight is 692 g/mol. The summed E-state index contributed by atoms with van der Waals surface area (Å²) < 4.78 is 21.0. The van der Waals surface area contributed by atoms with Gasteiger partial charge >= 0.3 is 0 Å². The van der Waals surface area contributed by atoms with Gasteiger partial charge in [-0.1, -0.05) is 72.9 Å². The predicted octanol–water partition coefficient (Wildman–Crippen LogP) is 1.10. The molecule has 32 heavy (non-hydrogen) atoms. The van der Waals surface area contributed by atoms with Crippen LogP contribution in [0.3, 0.4) is 0 Å². The van der Waals surface area contributed by atoms with Crippen molar-refractivity contribution < 1.29 is 37.8 Å². The Labute approximate surface area is 221 Å². The summed E-state index contributed by atoms with van der Waals surface area (Å²) in [4.78, 5) is 3.82. The van der Waals surface area contributed by atoms with Crippen LogP contribution in [-0.4, -0.2) is 4.98 Å². The zero-order chi connectivity index (χ0) is 22.5. The third-order valence-corrected chi connectivity index (χ3v) is 7.10. The normalized spacial score (nSPS) is 9.84. The van der Waals surface area contributed by atoms with Gasteiger partial charge in [-0.05, 0) is 36.4 Å². The van der Waals surface area contributed by atoms with Crippen molar-refractivity contribution in [3.05, 3.63) is 119 Å². The van der Waals surface area contributed by atoms with E-state index in [9.17, 15) is 4.57 Å². The van der Waals surface area contributed by atoms with Crippen LogP contribution >= 0.6 is 39.2 Å². The van der Waals surface area contributed by atoms with E-state index < -0.39 is 7.37 Å². The van der Waals surface area contributed by atoms with Crippen LogP contribution in [0.5, 0.6) is 0 Å². The number of nitrogens with two attached hydrogens (primary N) is 2. The molecule has 0 saturated heterocycles. The summed E-state index contributed by atoms with van der Waals surface area (Å²) >= 11 is 6.55. The van der Waals surface area contributed by atoms with Crippen LogP contribution in [0.25, 0.3) is 0 Å². The molecule has 0 aliphatic rings. The Hall–Kier alpha value is -1.62. The number of benzene rings is 2. The van der Waals surface area contributed by atoms with Crippen molar-refractivity contribution in [2.24, 2.45) is 5.90 Å². The molecule has 4 aromatic rings. The predicted molar refractivity (Wildman–Crippen MR) is 131 cm³/mol. The molecule has 0 amide bonds. The first-order valence-corrected chi connectivity index (χ1v) is 12.2. The number of nitrogen functional groups attached to an aromatic ring is 1. The Bertz CT molecular complexity index is 1010. The van der Waals surface area contributed by atoms with Crippen LogP contribution in [0.4, 0.5) is 0 Å². The quantitative estimate of drug-likeness (QED) is 0.110. The summed E-state index contributed by atoms with van der Waals surface area (Å²) in [5, 5.41) is 1.20. The molecule has 10 heteroatoms. The van der Waals surface area contributed by atoms with Gasteiger partial charge in [0.05, 0.1) is 0 Å². The number of aromatic nitrogens is 2. The maximum Gasteiger partial charge on any atom is 0.277 e. The van der Waals surface area contributed by atoms with E-state index >= 15 is 0 Å². The summed E-state index contributed by atoms with van der Waals surface area (Å²) in [6.07, 6.45) is 7.02. The lowest BCUT2D eigenvalue weighted by molar-refractivity contribution is -0.639. The molecule has 4 N–H and O–H groups in total. The van der Waals surface area contributed by atoms with Gasteiger partial charge in [0.15, 0.2) is 12.4 Å². The SMILES string of the molecule is Brc1ccncc1.NOP(=O)(c1ccccc1)c1ccccc1.N[n+]1ccc(Br)cc1.[I-]. The minimum atomic E-state index is -3.13. The van der Waals surface area contributed by atoms with E-state index in [-0.39, 0.29) is 24.0 Å². The Kier molecular flexibility index (Phi) is 13.5. The van der Waals surface area contributed by atoms with Crippen LogP contribution in [0.1, 0.15) is 0 Å². The van der Waals surface area contributed by atoms with Crippen molar-refractivity contribution >= 4 is 49.8 Å². The van der Waals surface area contributed by atoms with Crippen LogP contribution < -0.4 is 51.0 Å². The van der Waals surface area contributed by atoms with Crippen LogP contribution in [0.15, 0.2) is 119 Å². The van der Waals surface area contributed by atoms with Crippen molar-refractivity contribution in [3.8, 4) is 0 Å². The number of pyridine rings is 2. The van der Waals surface area contributed by atoms with Gasteiger partial charge in [0.25, 0.3) is 7.37 Å². The maximum atomic E-state index is 12.6. The molecule has 0 spiro atoms. The molecule has 0 radical (unpaired) electrons. The highest BCUT2D eigenvalue weighted by atomic mass is 127. The lowest BCUT2D eigenvalue weighted by Crippen LogP contribution is -3.00. The third-order valence-electron chi connectivity index (χ3n) is 3.79. The van der Waals surface area contributed by atoms with Gasteiger partial charge in [-0.2, -0.15) is 0 Å². The standard InChI is InChI=1S/C12H12NO2P.C5H6BrN2.C5H4BrN.HI/c13-15-16(14,11-7-3-1-4-8-11)12-9-5-2-6-10-12;6-5-1-3-8(7)4-2-5;6-5-1-3-7-4-2-5;/h1-10H,13H2;1-4H,7H2;1-4H;1H/q;+1;;/p-1. The zero-order valence-corrected chi connectivity index (χ0v) is 23.1. The number of rotatable bonds is 3. The van der Waals surface area contributed by atoms with E-state index in [0.29, 0.717) is 10.6 Å². The van der Waals surface area contributed by atoms with E-state index in [1.807, 2.05) is 60.7 Å². The molecule has 0 aliphatic heterocycles. The first-order chi connectivity index (χ1) is 15.0. The molecule has 0 saturated carbocycles. The topological polar surface area (TPSA) is 95.1 Å². The van der Waals surface area contributed by atoms with Gasteiger partial charge in [-0.3, -0.25) is 9.55 Å². The Balaban J connectivity index is 0.000000268. The van der Waals surface area contributed by atoms with Crippen molar-refractivity contribution in [2.75, 3.05) is 5.84 Å². The first-order valence-electron chi connectivity index (χ1n) is 9.03. The van der Waals surface area contributed by atoms with Gasteiger partial charge in [0.1, 0.15) is 0 Å². The summed E-state index contributed by atoms with van der Waals surface area (Å²) in [6, 6.07) is 25.5. The average Bonchev–Trinajstić information content (AvgIpc) is 2.83. The molecule has 0 aliphatic carbocycles. The molecule has 0 unspecified atom stereocenters. The fraction of sp³-hybridized carbons (Fsp3) is 0. The molecule has 0 bridgehead atoms. The maximum absolute atomic E-state index is 12.6. The molecular weight excluding hydrogens is 670 g/mol. The molecular formula is C22H22Br2IN4O2P. The van der Waals surface area contributed by atoms with E-state index in [0.717, 1.165) is 8.95 Å². The summed E-state index contributed by atoms with van der Waals surface area (Å²) in [6.45, 7) is 0. The van der Waals surface area contributed by atoms with Crippen molar-refractivity contribution in [1.82, 2.24) is 4.98 Å². The molecule has 0 fully saturated rings. The largest absolute Gasteiger partial charge is 1.00 e. The second-order valence-electron chi connectivity index (χ2n) is 5.96. The van der Waals surface area contributed by atoms with Crippen molar-refractivity contribution in [2.45, 2.75) is 0 Å². The fourth-order valence-corrected chi connectivity index (χ4v) is 4.42. The van der Waals surface area contributed by atoms with Gasteiger partial charge in [0.2, 0.25) is 0 Å². The molecule has 0 atom stereocenters. The van der Waals surface area contributed by atoms with E-state index in [1.165, 1.54) is 4.68 Å². The molecule has 168 valence electrons. The van der Waals surface area contributed by atoms with Gasteiger partial charge in [-0.15, -0.1) is 0 Å². The second kappa shape index (κ2) is 15.3. The smallest absolute Gasteiger partial charge is 0.277 e. The number of hydrogen-bond acceptors (Lipinski definition) is 5. The molecule has 4 rings (SSSR count). The summed E-state index contributed by atoms with van der Waals surface area (Å²) in [5.41, 5.74) is 0. The number of hydrogen-bond donors (Lipinski definition) is 2. The third kappa shape index (κ3) is 9.48. The minimum absolute atomic E-state index is 0. The Morgan fingerprint density at radius 1 is 0.750 bits per heavy atom. The van der Waals surface area contributed by atoms with Crippen molar-refractivity contribution in [1.29, 1.82) is 0 Å². The molecule has 2 aromatic heterocycles. The molecule has 2 aromatic carbocycles. The fourth-order valence-electron chi connectivity index (χ4n) is 2.27. The van der Waals surface area contributed by atoms with E-state index in [4.69, 9.17) is 16.4 Å². The highest BCUT2D eigenvalue weighted by molar-refractivity contribution is 9.10. The minimum Gasteiger partial charge on any atom is -1.00 e. The van der Waals surface area contributed by atoms with Crippen LogP contribution in [0.2, 0.25) is 0 Å². The summed E-state index contributed by atoms with van der Waals surface area (Å²) in [7, 11) is -3.13. The summed E-state index contributed by atoms with van der Waals surface area (Å²) in [5.74, 6) is 10.5. The monoisotopic (exact) mass is 690 g/mol. The van der Waals surface area contributed by atoms with Crippen LogP contribution in [-0.2, 0) is 9.19 Å². The first kappa shape index (κ1) is 28.4. The van der Waals surface area contributed by atoms with E-state index in [2.05, 4.69) is 36.8 Å². The van der Waals surface area contributed by atoms with Gasteiger partial charge < -0.3 is 24.0 Å². The van der Waals surface area contributed by atoms with E-state index in [1.54, 1.807) is 49.1 Å². The number of halogens is 3. The Morgan fingerprint density at radius 2 is 1.16 bits per heavy atom. The molecule has 6 nitrogen and oxygen atoms in total. The van der Waals surface area contributed by atoms with Gasteiger partial charge in [0, 0.05) is 44.1 Å². The lowest BCUT2D eigenvalue weighted by atomic mass is 10.4. The van der Waals surface area contributed by atoms with Gasteiger partial charge in [-0.25, -0.2) is 16.4 Å². The molecule has 2 heterocycles. The Morgan fingerprint density at radius 3 is 1.47 bits per heavy atom. The zero-order valence-electron chi connectivity index (χ0n) is 16.8.